The van der Waals surface area contributed by atoms with Gasteiger partial charge in [0, 0.05) is 10.6 Å². The Balaban J connectivity index is 2.57. The molecule has 3 N–H and O–H groups in total. The first-order valence-corrected chi connectivity index (χ1v) is 5.90. The van der Waals surface area contributed by atoms with E-state index in [2.05, 4.69) is 5.32 Å². The molecule has 1 atom stereocenters. The molecule has 1 aliphatic heterocycles. The lowest BCUT2D eigenvalue weighted by Crippen LogP contribution is -2.52. The standard InChI is InChI=1S/C11H14N2OS/c1-13-11(10(12)14)6-7-15-9-5-3-2-4-8(9)11/h2-5,13H,6-7H2,1H3,(H2,12,14). The van der Waals surface area contributed by atoms with Crippen LogP contribution in [0.15, 0.2) is 29.2 Å². The first-order chi connectivity index (χ1) is 7.20. The van der Waals surface area contributed by atoms with Crippen LogP contribution in [0.4, 0.5) is 0 Å². The van der Waals surface area contributed by atoms with Gasteiger partial charge in [-0.25, -0.2) is 0 Å². The van der Waals surface area contributed by atoms with Crippen LogP contribution in [-0.2, 0) is 10.3 Å². The predicted molar refractivity (Wildman–Crippen MR) is 61.7 cm³/mol. The largest absolute Gasteiger partial charge is 0.368 e. The summed E-state index contributed by atoms with van der Waals surface area (Å²) in [7, 11) is 1.79. The summed E-state index contributed by atoms with van der Waals surface area (Å²) in [6.07, 6.45) is 0.751. The molecule has 80 valence electrons. The fourth-order valence-electron chi connectivity index (χ4n) is 2.03. The van der Waals surface area contributed by atoms with Crippen molar-refractivity contribution < 1.29 is 4.79 Å². The van der Waals surface area contributed by atoms with Gasteiger partial charge in [-0.1, -0.05) is 18.2 Å². The molecule has 15 heavy (non-hydrogen) atoms. The van der Waals surface area contributed by atoms with Gasteiger partial charge < -0.3 is 11.1 Å². The van der Waals surface area contributed by atoms with Gasteiger partial charge in [0.25, 0.3) is 0 Å². The zero-order chi connectivity index (χ0) is 10.9. The van der Waals surface area contributed by atoms with E-state index < -0.39 is 5.54 Å². The molecule has 0 radical (unpaired) electrons. The van der Waals surface area contributed by atoms with Crippen LogP contribution < -0.4 is 11.1 Å². The molecule has 1 unspecified atom stereocenters. The summed E-state index contributed by atoms with van der Waals surface area (Å²) in [5, 5.41) is 3.09. The number of hydrogen-bond acceptors (Lipinski definition) is 3. The number of nitrogens with one attached hydrogen (secondary N) is 1. The Labute approximate surface area is 93.4 Å². The van der Waals surface area contributed by atoms with Gasteiger partial charge in [0.05, 0.1) is 0 Å². The number of amides is 1. The minimum absolute atomic E-state index is 0.294. The summed E-state index contributed by atoms with van der Waals surface area (Å²) in [4.78, 5) is 12.8. The van der Waals surface area contributed by atoms with Gasteiger partial charge in [0.15, 0.2) is 0 Å². The molecule has 2 rings (SSSR count). The molecule has 1 heterocycles. The molecule has 0 spiro atoms. The molecular weight excluding hydrogens is 208 g/mol. The monoisotopic (exact) mass is 222 g/mol. The summed E-state index contributed by atoms with van der Waals surface area (Å²) in [5.74, 6) is 0.624. The number of rotatable bonds is 2. The Morgan fingerprint density at radius 1 is 1.53 bits per heavy atom. The van der Waals surface area contributed by atoms with Crippen LogP contribution >= 0.6 is 11.8 Å². The van der Waals surface area contributed by atoms with Crippen LogP contribution in [-0.4, -0.2) is 18.7 Å². The van der Waals surface area contributed by atoms with Gasteiger partial charge >= 0.3 is 0 Å². The highest BCUT2D eigenvalue weighted by Crippen LogP contribution is 2.39. The van der Waals surface area contributed by atoms with Gasteiger partial charge in [-0.05, 0) is 25.1 Å². The normalized spacial score (nSPS) is 24.6. The van der Waals surface area contributed by atoms with Gasteiger partial charge in [-0.3, -0.25) is 4.79 Å². The van der Waals surface area contributed by atoms with Gasteiger partial charge in [0.1, 0.15) is 5.54 Å². The number of primary amides is 1. The molecule has 1 aromatic rings. The molecular formula is C11H14N2OS. The third-order valence-corrected chi connectivity index (χ3v) is 4.00. The minimum atomic E-state index is -0.679. The maximum Gasteiger partial charge on any atom is 0.242 e. The molecule has 0 bridgehead atoms. The van der Waals surface area contributed by atoms with Crippen molar-refractivity contribution in [1.82, 2.24) is 5.32 Å². The second-order valence-corrected chi connectivity index (χ2v) is 4.75. The number of nitrogens with two attached hydrogens (primary N) is 1. The minimum Gasteiger partial charge on any atom is -0.368 e. The third-order valence-electron chi connectivity index (χ3n) is 2.93. The van der Waals surface area contributed by atoms with E-state index in [-0.39, 0.29) is 5.91 Å². The molecule has 4 heteroatoms. The molecule has 1 aromatic carbocycles. The molecule has 1 amide bonds. The topological polar surface area (TPSA) is 55.1 Å². The second kappa shape index (κ2) is 3.87. The van der Waals surface area contributed by atoms with E-state index in [0.717, 1.165) is 22.6 Å². The summed E-state index contributed by atoms with van der Waals surface area (Å²) in [5.41, 5.74) is 5.85. The molecule has 0 aliphatic carbocycles. The highest BCUT2D eigenvalue weighted by atomic mass is 32.2. The third kappa shape index (κ3) is 1.54. The van der Waals surface area contributed by atoms with Crippen LogP contribution in [0.25, 0.3) is 0 Å². The van der Waals surface area contributed by atoms with Crippen LogP contribution in [0.5, 0.6) is 0 Å². The molecule has 0 saturated heterocycles. The van der Waals surface area contributed by atoms with E-state index in [1.54, 1.807) is 18.8 Å². The average molecular weight is 222 g/mol. The van der Waals surface area contributed by atoms with Crippen molar-refractivity contribution in [3.63, 3.8) is 0 Å². The van der Waals surface area contributed by atoms with Gasteiger partial charge in [-0.2, -0.15) is 0 Å². The Morgan fingerprint density at radius 3 is 2.93 bits per heavy atom. The van der Waals surface area contributed by atoms with Crippen LogP contribution in [0.3, 0.4) is 0 Å². The maximum absolute atomic E-state index is 11.6. The number of fused-ring (bicyclic) bond motifs is 1. The Bertz CT molecular complexity index is 394. The van der Waals surface area contributed by atoms with Crippen molar-refractivity contribution in [2.45, 2.75) is 16.9 Å². The van der Waals surface area contributed by atoms with E-state index in [4.69, 9.17) is 5.73 Å². The highest BCUT2D eigenvalue weighted by Gasteiger charge is 2.40. The molecule has 0 aromatic heterocycles. The molecule has 0 fully saturated rings. The highest BCUT2D eigenvalue weighted by molar-refractivity contribution is 7.99. The Morgan fingerprint density at radius 2 is 2.27 bits per heavy atom. The fraction of sp³-hybridized carbons (Fsp3) is 0.364. The molecule has 1 aliphatic rings. The van der Waals surface area contributed by atoms with Crippen LogP contribution in [0, 0.1) is 0 Å². The van der Waals surface area contributed by atoms with Gasteiger partial charge in [0.2, 0.25) is 5.91 Å². The first kappa shape index (κ1) is 10.5. The van der Waals surface area contributed by atoms with Crippen molar-refractivity contribution >= 4 is 17.7 Å². The van der Waals surface area contributed by atoms with Gasteiger partial charge in [-0.15, -0.1) is 11.8 Å². The van der Waals surface area contributed by atoms with Crippen molar-refractivity contribution in [3.8, 4) is 0 Å². The van der Waals surface area contributed by atoms with Crippen molar-refractivity contribution in [3.05, 3.63) is 29.8 Å². The number of benzene rings is 1. The van der Waals surface area contributed by atoms with E-state index in [0.29, 0.717) is 0 Å². The van der Waals surface area contributed by atoms with Crippen molar-refractivity contribution in [2.24, 2.45) is 5.73 Å². The van der Waals surface area contributed by atoms with E-state index in [1.807, 2.05) is 24.3 Å². The number of carbonyl (C=O) groups is 1. The molecule has 0 saturated carbocycles. The van der Waals surface area contributed by atoms with Crippen molar-refractivity contribution in [2.75, 3.05) is 12.8 Å². The number of carbonyl (C=O) groups excluding carboxylic acids is 1. The lowest BCUT2D eigenvalue weighted by molar-refractivity contribution is -0.124. The second-order valence-electron chi connectivity index (χ2n) is 3.61. The lowest BCUT2D eigenvalue weighted by atomic mass is 9.86. The zero-order valence-corrected chi connectivity index (χ0v) is 9.43. The van der Waals surface area contributed by atoms with Crippen LogP contribution in [0.1, 0.15) is 12.0 Å². The zero-order valence-electron chi connectivity index (χ0n) is 8.62. The number of thioether (sulfide) groups is 1. The Hall–Kier alpha value is -1.00. The first-order valence-electron chi connectivity index (χ1n) is 4.92. The Kier molecular flexibility index (Phi) is 2.71. The van der Waals surface area contributed by atoms with E-state index >= 15 is 0 Å². The summed E-state index contributed by atoms with van der Waals surface area (Å²) in [6.45, 7) is 0. The lowest BCUT2D eigenvalue weighted by Gasteiger charge is -2.35. The quantitative estimate of drug-likeness (QED) is 0.787. The maximum atomic E-state index is 11.6. The fourth-order valence-corrected chi connectivity index (χ4v) is 3.23. The SMILES string of the molecule is CNC1(C(N)=O)CCSc2ccccc21. The van der Waals surface area contributed by atoms with Crippen LogP contribution in [0.2, 0.25) is 0 Å². The van der Waals surface area contributed by atoms with Crippen molar-refractivity contribution in [1.29, 1.82) is 0 Å². The van der Waals surface area contributed by atoms with E-state index in [1.165, 1.54) is 0 Å². The average Bonchev–Trinajstić information content (AvgIpc) is 2.28. The molecule has 3 nitrogen and oxygen atoms in total. The summed E-state index contributed by atoms with van der Waals surface area (Å²) in [6, 6.07) is 7.94. The number of likely N-dealkylation sites (N-methyl/N-ethyl adjacent to an activating group) is 1. The smallest absolute Gasteiger partial charge is 0.242 e. The van der Waals surface area contributed by atoms with E-state index in [9.17, 15) is 4.79 Å². The summed E-state index contributed by atoms with van der Waals surface area (Å²) >= 11 is 1.78. The predicted octanol–water partition coefficient (Wildman–Crippen LogP) is 1.08. The summed E-state index contributed by atoms with van der Waals surface area (Å²) < 4.78 is 0. The number of hydrogen-bond donors (Lipinski definition) is 2.